The van der Waals surface area contributed by atoms with Gasteiger partial charge in [-0.2, -0.15) is 11.8 Å². The third-order valence-corrected chi connectivity index (χ3v) is 11.4. The molecule has 2 amide bonds. The van der Waals surface area contributed by atoms with Crippen molar-refractivity contribution in [2.45, 2.75) is 109 Å². The lowest BCUT2D eigenvalue weighted by atomic mass is 9.79. The summed E-state index contributed by atoms with van der Waals surface area (Å²) in [5.74, 6) is 0.534. The Morgan fingerprint density at radius 1 is 0.816 bits per heavy atom. The molecule has 49 heavy (non-hydrogen) atoms. The van der Waals surface area contributed by atoms with Gasteiger partial charge in [-0.3, -0.25) is 9.59 Å². The average molecular weight is 683 g/mol. The van der Waals surface area contributed by atoms with E-state index in [4.69, 9.17) is 0 Å². The van der Waals surface area contributed by atoms with Gasteiger partial charge >= 0.3 is 5.97 Å². The van der Waals surface area contributed by atoms with Crippen LogP contribution in [0.25, 0.3) is 11.1 Å². The zero-order chi connectivity index (χ0) is 34.6. The molecule has 2 aliphatic rings. The number of thioether (sulfide) groups is 1. The first-order valence-electron chi connectivity index (χ1n) is 18.4. The Bertz CT molecular complexity index is 1510. The summed E-state index contributed by atoms with van der Waals surface area (Å²) < 4.78 is 0. The van der Waals surface area contributed by atoms with Crippen molar-refractivity contribution in [3.63, 3.8) is 0 Å². The van der Waals surface area contributed by atoms with Gasteiger partial charge in [0, 0.05) is 23.7 Å². The Kier molecular flexibility index (Phi) is 13.8. The van der Waals surface area contributed by atoms with Crippen molar-refractivity contribution in [3.05, 3.63) is 95.1 Å². The van der Waals surface area contributed by atoms with E-state index >= 15 is 0 Å². The number of nitrogens with zero attached hydrogens (tertiary/aromatic N) is 1. The number of amides is 2. The molecular weight excluding hydrogens is 629 g/mol. The maximum Gasteiger partial charge on any atom is 0.326 e. The molecule has 0 radical (unpaired) electrons. The Labute approximate surface area is 297 Å². The number of aliphatic carboxylic acids is 1. The van der Waals surface area contributed by atoms with Gasteiger partial charge in [-0.05, 0) is 96.5 Å². The molecule has 2 saturated carbocycles. The number of carboxylic acids is 1. The van der Waals surface area contributed by atoms with Gasteiger partial charge in [-0.1, -0.05) is 113 Å². The molecule has 3 aromatic rings. The SMILES string of the molecule is CSCCC(NC(=O)c1ccc(CN(C(=O)c2ccccc2)C(CC2CCCCC2)CC2CCCCC2)cc1-c1ccccc1C)C(=O)O. The van der Waals surface area contributed by atoms with Gasteiger partial charge in [0.15, 0.2) is 0 Å². The third kappa shape index (κ3) is 10.2. The number of hydrogen-bond donors (Lipinski definition) is 2. The number of benzene rings is 3. The highest BCUT2D eigenvalue weighted by Crippen LogP contribution is 2.36. The van der Waals surface area contributed by atoms with Crippen molar-refractivity contribution in [3.8, 4) is 11.1 Å². The highest BCUT2D eigenvalue weighted by atomic mass is 32.2. The lowest BCUT2D eigenvalue weighted by molar-refractivity contribution is -0.139. The van der Waals surface area contributed by atoms with Crippen LogP contribution in [-0.2, 0) is 11.3 Å². The van der Waals surface area contributed by atoms with E-state index < -0.39 is 17.9 Å². The summed E-state index contributed by atoms with van der Waals surface area (Å²) in [4.78, 5) is 42.5. The Hall–Kier alpha value is -3.58. The molecule has 5 rings (SSSR count). The summed E-state index contributed by atoms with van der Waals surface area (Å²) in [7, 11) is 0. The maximum atomic E-state index is 14.5. The quantitative estimate of drug-likeness (QED) is 0.167. The monoisotopic (exact) mass is 682 g/mol. The van der Waals surface area contributed by atoms with Crippen LogP contribution < -0.4 is 5.32 Å². The number of aryl methyl sites for hydroxylation is 1. The minimum Gasteiger partial charge on any atom is -0.480 e. The molecule has 1 atom stereocenters. The van der Waals surface area contributed by atoms with E-state index in [-0.39, 0.29) is 11.9 Å². The van der Waals surface area contributed by atoms with Crippen molar-refractivity contribution in [2.24, 2.45) is 11.8 Å². The van der Waals surface area contributed by atoms with Crippen LogP contribution in [0.4, 0.5) is 0 Å². The first kappa shape index (κ1) is 36.7. The average Bonchev–Trinajstić information content (AvgIpc) is 3.13. The van der Waals surface area contributed by atoms with E-state index in [1.165, 1.54) is 64.2 Å². The number of carbonyl (C=O) groups excluding carboxylic acids is 2. The summed E-state index contributed by atoms with van der Waals surface area (Å²) in [6.07, 6.45) is 17.0. The molecule has 0 saturated heterocycles. The Balaban J connectivity index is 1.53. The van der Waals surface area contributed by atoms with Crippen molar-refractivity contribution in [2.75, 3.05) is 12.0 Å². The lowest BCUT2D eigenvalue weighted by Gasteiger charge is -2.38. The predicted octanol–water partition coefficient (Wildman–Crippen LogP) is 9.55. The molecule has 0 aliphatic heterocycles. The van der Waals surface area contributed by atoms with Gasteiger partial charge in [0.25, 0.3) is 11.8 Å². The van der Waals surface area contributed by atoms with Gasteiger partial charge in [-0.15, -0.1) is 0 Å². The molecule has 1 unspecified atom stereocenters. The van der Waals surface area contributed by atoms with E-state index in [1.807, 2.05) is 79.9 Å². The molecule has 2 aliphatic carbocycles. The van der Waals surface area contributed by atoms with E-state index in [9.17, 15) is 19.5 Å². The van der Waals surface area contributed by atoms with E-state index in [0.29, 0.717) is 41.7 Å². The molecular formula is C42H54N2O4S. The Morgan fingerprint density at radius 3 is 2.02 bits per heavy atom. The minimum absolute atomic E-state index is 0.0644. The van der Waals surface area contributed by atoms with E-state index in [1.54, 1.807) is 11.8 Å². The standard InChI is InChI=1S/C42H54N2O4S/c1-30-14-12-13-21-36(30)38-28-33(22-23-37(38)40(45)43-39(42(47)48)24-25-49-2)29-44(41(46)34-19-10-5-11-20-34)35(26-31-15-6-3-7-16-31)27-32-17-8-4-9-18-32/h5,10-14,19-23,28,31-32,35,39H,3-4,6-9,15-18,24-27,29H2,1-2H3,(H,43,45)(H,47,48). The van der Waals surface area contributed by atoms with Crippen molar-refractivity contribution < 1.29 is 19.5 Å². The maximum absolute atomic E-state index is 14.5. The fourth-order valence-corrected chi connectivity index (χ4v) is 8.46. The second-order valence-corrected chi connectivity index (χ2v) is 15.3. The first-order valence-corrected chi connectivity index (χ1v) is 19.8. The summed E-state index contributed by atoms with van der Waals surface area (Å²) >= 11 is 1.56. The lowest BCUT2D eigenvalue weighted by Crippen LogP contribution is -2.42. The highest BCUT2D eigenvalue weighted by Gasteiger charge is 2.31. The second-order valence-electron chi connectivity index (χ2n) is 14.3. The summed E-state index contributed by atoms with van der Waals surface area (Å²) in [6, 6.07) is 22.7. The zero-order valence-electron chi connectivity index (χ0n) is 29.4. The van der Waals surface area contributed by atoms with Crippen LogP contribution >= 0.6 is 11.8 Å². The number of hydrogen-bond acceptors (Lipinski definition) is 4. The van der Waals surface area contributed by atoms with Gasteiger partial charge in [-0.25, -0.2) is 4.79 Å². The molecule has 0 spiro atoms. The third-order valence-electron chi connectivity index (χ3n) is 10.7. The van der Waals surface area contributed by atoms with Crippen molar-refractivity contribution in [1.82, 2.24) is 10.2 Å². The minimum atomic E-state index is -1.03. The normalized spacial score (nSPS) is 16.3. The zero-order valence-corrected chi connectivity index (χ0v) is 30.2. The topological polar surface area (TPSA) is 86.7 Å². The van der Waals surface area contributed by atoms with Crippen LogP contribution in [0, 0.1) is 18.8 Å². The fourth-order valence-electron chi connectivity index (χ4n) is 7.99. The van der Waals surface area contributed by atoms with Crippen LogP contribution in [0.5, 0.6) is 0 Å². The number of rotatable bonds is 15. The molecule has 3 aromatic carbocycles. The second kappa shape index (κ2) is 18.4. The first-order chi connectivity index (χ1) is 23.8. The molecule has 2 N–H and O–H groups in total. The fraction of sp³-hybridized carbons (Fsp3) is 0.500. The molecule has 6 nitrogen and oxygen atoms in total. The van der Waals surface area contributed by atoms with Gasteiger partial charge in [0.1, 0.15) is 6.04 Å². The number of carboxylic acid groups (broad SMARTS) is 1. The predicted molar refractivity (Wildman–Crippen MR) is 201 cm³/mol. The number of nitrogens with one attached hydrogen (secondary N) is 1. The Morgan fingerprint density at radius 2 is 1.43 bits per heavy atom. The van der Waals surface area contributed by atoms with E-state index in [2.05, 4.69) is 16.3 Å². The van der Waals surface area contributed by atoms with Crippen LogP contribution in [0.2, 0.25) is 0 Å². The smallest absolute Gasteiger partial charge is 0.326 e. The van der Waals surface area contributed by atoms with Crippen molar-refractivity contribution in [1.29, 1.82) is 0 Å². The molecule has 262 valence electrons. The van der Waals surface area contributed by atoms with Gasteiger partial charge in [0.2, 0.25) is 0 Å². The van der Waals surface area contributed by atoms with Gasteiger partial charge in [0.05, 0.1) is 0 Å². The molecule has 2 fully saturated rings. The highest BCUT2D eigenvalue weighted by molar-refractivity contribution is 7.98. The molecule has 0 aromatic heterocycles. The van der Waals surface area contributed by atoms with E-state index in [0.717, 1.165) is 35.1 Å². The summed E-state index contributed by atoms with van der Waals surface area (Å²) in [6.45, 7) is 2.47. The van der Waals surface area contributed by atoms with Crippen LogP contribution in [0.1, 0.15) is 115 Å². The van der Waals surface area contributed by atoms with Gasteiger partial charge < -0.3 is 15.3 Å². The van der Waals surface area contributed by atoms with Crippen LogP contribution in [-0.4, -0.2) is 51.9 Å². The molecule has 7 heteroatoms. The molecule has 0 heterocycles. The largest absolute Gasteiger partial charge is 0.480 e. The van der Waals surface area contributed by atoms with Crippen LogP contribution in [0.3, 0.4) is 0 Å². The molecule has 0 bridgehead atoms. The van der Waals surface area contributed by atoms with Crippen LogP contribution in [0.15, 0.2) is 72.8 Å². The van der Waals surface area contributed by atoms with Crippen molar-refractivity contribution >= 4 is 29.5 Å². The number of carbonyl (C=O) groups is 3. The summed E-state index contributed by atoms with van der Waals surface area (Å²) in [5, 5.41) is 12.6. The summed E-state index contributed by atoms with van der Waals surface area (Å²) in [5.41, 5.74) is 4.82.